The van der Waals surface area contributed by atoms with Crippen molar-refractivity contribution in [3.63, 3.8) is 0 Å². The molecule has 0 radical (unpaired) electrons. The van der Waals surface area contributed by atoms with Crippen molar-refractivity contribution < 1.29 is 13.2 Å². The molecule has 0 unspecified atom stereocenters. The quantitative estimate of drug-likeness (QED) is 0.571. The van der Waals surface area contributed by atoms with Gasteiger partial charge in [-0.1, -0.05) is 18.2 Å². The second-order valence-corrected chi connectivity index (χ2v) is 10.7. The molecule has 3 aromatic rings. The Balaban J connectivity index is 1.45. The van der Waals surface area contributed by atoms with Crippen LogP contribution in [0.15, 0.2) is 40.6 Å². The molecule has 0 saturated carbocycles. The van der Waals surface area contributed by atoms with E-state index in [0.29, 0.717) is 28.6 Å². The molecule has 0 bridgehead atoms. The third kappa shape index (κ3) is 4.36. The van der Waals surface area contributed by atoms with Crippen molar-refractivity contribution >= 4 is 39.5 Å². The summed E-state index contributed by atoms with van der Waals surface area (Å²) in [5, 5.41) is 8.94. The highest BCUT2D eigenvalue weighted by atomic mass is 32.2. The van der Waals surface area contributed by atoms with Gasteiger partial charge in [-0.25, -0.2) is 8.42 Å². The zero-order chi connectivity index (χ0) is 22.2. The number of nitrogens with zero attached hydrogens (tertiary/aromatic N) is 4. The molecule has 1 N–H and O–H groups in total. The van der Waals surface area contributed by atoms with E-state index in [9.17, 15) is 13.2 Å². The number of H-pyrrole nitrogens is 1. The number of sulfonamides is 1. The molecule has 0 atom stereocenters. The Labute approximate surface area is 190 Å². The Kier molecular flexibility index (Phi) is 6.11. The maximum Gasteiger partial charge on any atom is 0.243 e. The van der Waals surface area contributed by atoms with E-state index in [1.807, 2.05) is 36.6 Å². The van der Waals surface area contributed by atoms with Crippen LogP contribution in [0.5, 0.6) is 0 Å². The molecule has 0 spiro atoms. The number of thiophene rings is 1. The molecule has 2 aromatic heterocycles. The second kappa shape index (κ2) is 8.65. The number of benzene rings is 1. The summed E-state index contributed by atoms with van der Waals surface area (Å²) >= 11 is 6.82. The van der Waals surface area contributed by atoms with E-state index in [4.69, 9.17) is 12.2 Å². The lowest BCUT2D eigenvalue weighted by Gasteiger charge is -2.34. The zero-order valence-corrected chi connectivity index (χ0v) is 19.7. The number of hydrogen-bond donors (Lipinski definition) is 1. The molecule has 11 heteroatoms. The lowest BCUT2D eigenvalue weighted by atomic mass is 10.2. The minimum absolute atomic E-state index is 0.0618. The van der Waals surface area contributed by atoms with Crippen LogP contribution in [0.25, 0.3) is 10.7 Å². The molecule has 1 saturated heterocycles. The minimum atomic E-state index is -3.60. The Hall–Kier alpha value is -2.34. The Morgan fingerprint density at radius 3 is 2.61 bits per heavy atom. The maximum absolute atomic E-state index is 13.1. The highest BCUT2D eigenvalue weighted by Gasteiger charge is 2.31. The van der Waals surface area contributed by atoms with Crippen LogP contribution in [0.1, 0.15) is 11.1 Å². The smallest absolute Gasteiger partial charge is 0.243 e. The number of aromatic nitrogens is 3. The molecule has 164 valence electrons. The number of hydrogen-bond acceptors (Lipinski definition) is 6. The molecule has 1 amide bonds. The predicted octanol–water partition coefficient (Wildman–Crippen LogP) is 2.82. The summed E-state index contributed by atoms with van der Waals surface area (Å²) in [6.07, 6.45) is 0. The topological polar surface area (TPSA) is 91.3 Å². The lowest BCUT2D eigenvalue weighted by molar-refractivity contribution is -0.133. The van der Waals surface area contributed by atoms with Gasteiger partial charge in [0.15, 0.2) is 10.6 Å². The van der Waals surface area contributed by atoms with E-state index in [1.165, 1.54) is 15.6 Å². The van der Waals surface area contributed by atoms with Crippen LogP contribution in [0.3, 0.4) is 0 Å². The highest BCUT2D eigenvalue weighted by Crippen LogP contribution is 2.24. The number of nitrogens with one attached hydrogen (secondary N) is 1. The first-order valence-corrected chi connectivity index (χ1v) is 12.5. The molecule has 1 aliphatic rings. The molecule has 1 aliphatic heterocycles. The monoisotopic (exact) mass is 477 g/mol. The van der Waals surface area contributed by atoms with E-state index in [1.54, 1.807) is 22.5 Å². The van der Waals surface area contributed by atoms with Gasteiger partial charge < -0.3 is 4.90 Å². The molecular weight excluding hydrogens is 454 g/mol. The van der Waals surface area contributed by atoms with Crippen LogP contribution in [-0.4, -0.2) is 64.5 Å². The van der Waals surface area contributed by atoms with Gasteiger partial charge in [-0.2, -0.15) is 9.40 Å². The van der Waals surface area contributed by atoms with Gasteiger partial charge in [0.1, 0.15) is 6.54 Å². The first-order valence-electron chi connectivity index (χ1n) is 9.81. The maximum atomic E-state index is 13.1. The van der Waals surface area contributed by atoms with Crippen LogP contribution in [-0.2, 0) is 21.4 Å². The van der Waals surface area contributed by atoms with Gasteiger partial charge in [0.05, 0.1) is 9.77 Å². The van der Waals surface area contributed by atoms with E-state index < -0.39 is 10.0 Å². The van der Waals surface area contributed by atoms with E-state index in [2.05, 4.69) is 10.2 Å². The summed E-state index contributed by atoms with van der Waals surface area (Å²) in [7, 11) is -3.60. The number of carbonyl (C=O) groups excluding carboxylic acids is 1. The average molecular weight is 478 g/mol. The average Bonchev–Trinajstić information content (AvgIpc) is 3.40. The minimum Gasteiger partial charge on any atom is -0.338 e. The summed E-state index contributed by atoms with van der Waals surface area (Å²) in [5.41, 5.74) is 1.62. The fraction of sp³-hybridized carbons (Fsp3) is 0.350. The van der Waals surface area contributed by atoms with Crippen molar-refractivity contribution in [2.75, 3.05) is 26.2 Å². The third-order valence-electron chi connectivity index (χ3n) is 5.35. The van der Waals surface area contributed by atoms with Crippen LogP contribution >= 0.6 is 23.6 Å². The van der Waals surface area contributed by atoms with Crippen LogP contribution in [0.2, 0.25) is 0 Å². The van der Waals surface area contributed by atoms with E-state index in [-0.39, 0.29) is 25.5 Å². The Morgan fingerprint density at radius 2 is 1.94 bits per heavy atom. The molecule has 4 rings (SSSR count). The van der Waals surface area contributed by atoms with E-state index >= 15 is 0 Å². The molecule has 3 heterocycles. The largest absolute Gasteiger partial charge is 0.338 e. The molecule has 1 aromatic carbocycles. The van der Waals surface area contributed by atoms with Gasteiger partial charge in [-0.3, -0.25) is 14.5 Å². The number of aromatic amines is 1. The number of aryl methyl sites for hydroxylation is 2. The van der Waals surface area contributed by atoms with Gasteiger partial charge >= 0.3 is 0 Å². The van der Waals surface area contributed by atoms with Crippen molar-refractivity contribution in [1.82, 2.24) is 24.0 Å². The predicted molar refractivity (Wildman–Crippen MR) is 122 cm³/mol. The van der Waals surface area contributed by atoms with Gasteiger partial charge in [0.25, 0.3) is 0 Å². The lowest BCUT2D eigenvalue weighted by Crippen LogP contribution is -2.51. The number of rotatable bonds is 5. The highest BCUT2D eigenvalue weighted by molar-refractivity contribution is 7.89. The summed E-state index contributed by atoms with van der Waals surface area (Å²) in [4.78, 5) is 15.9. The fourth-order valence-corrected chi connectivity index (χ4v) is 6.25. The first kappa shape index (κ1) is 21.9. The van der Waals surface area contributed by atoms with Crippen molar-refractivity contribution in [3.05, 3.63) is 51.6 Å². The molecule has 1 fully saturated rings. The number of piperazine rings is 1. The van der Waals surface area contributed by atoms with Crippen molar-refractivity contribution in [2.24, 2.45) is 0 Å². The third-order valence-corrected chi connectivity index (χ3v) is 8.56. The number of carbonyl (C=O) groups is 1. The summed E-state index contributed by atoms with van der Waals surface area (Å²) < 4.78 is 29.7. The summed E-state index contributed by atoms with van der Waals surface area (Å²) in [5.74, 6) is 0.517. The molecule has 31 heavy (non-hydrogen) atoms. The molecule has 0 aliphatic carbocycles. The van der Waals surface area contributed by atoms with Crippen LogP contribution in [0, 0.1) is 18.6 Å². The van der Waals surface area contributed by atoms with Crippen molar-refractivity contribution in [3.8, 4) is 10.7 Å². The number of amides is 1. The SMILES string of the molecule is Cc1ccc(C)c(S(=O)(=O)N2CCN(C(=O)Cn3c(-c4cccs4)n[nH]c3=S)CC2)c1. The summed E-state index contributed by atoms with van der Waals surface area (Å²) in [6.45, 7) is 4.93. The normalized spacial score (nSPS) is 15.4. The van der Waals surface area contributed by atoms with Gasteiger partial charge in [0, 0.05) is 26.2 Å². The van der Waals surface area contributed by atoms with Gasteiger partial charge in [-0.05, 0) is 54.7 Å². The standard InChI is InChI=1S/C20H23N5O3S3/c1-14-5-6-15(2)17(12-14)31(27,28)24-9-7-23(8-10-24)18(26)13-25-19(21-22-20(25)29)16-4-3-11-30-16/h3-6,11-12H,7-10,13H2,1-2H3,(H,22,29). The second-order valence-electron chi connectivity index (χ2n) is 7.47. The Bertz CT molecular complexity index is 1250. The Morgan fingerprint density at radius 1 is 1.19 bits per heavy atom. The first-order chi connectivity index (χ1) is 14.8. The van der Waals surface area contributed by atoms with Crippen LogP contribution < -0.4 is 0 Å². The van der Waals surface area contributed by atoms with Crippen LogP contribution in [0.4, 0.5) is 0 Å². The summed E-state index contributed by atoms with van der Waals surface area (Å²) in [6, 6.07) is 9.26. The molecular formula is C20H23N5O3S3. The molecule has 8 nitrogen and oxygen atoms in total. The van der Waals surface area contributed by atoms with E-state index in [0.717, 1.165) is 16.0 Å². The fourth-order valence-electron chi connectivity index (χ4n) is 3.60. The van der Waals surface area contributed by atoms with Gasteiger partial charge in [-0.15, -0.1) is 11.3 Å². The van der Waals surface area contributed by atoms with Crippen molar-refractivity contribution in [2.45, 2.75) is 25.3 Å². The zero-order valence-electron chi connectivity index (χ0n) is 17.2. The van der Waals surface area contributed by atoms with Gasteiger partial charge in [0.2, 0.25) is 15.9 Å². The van der Waals surface area contributed by atoms with Crippen molar-refractivity contribution in [1.29, 1.82) is 0 Å².